The lowest BCUT2D eigenvalue weighted by atomic mass is 10.1. The Balaban J connectivity index is 1.44. The molecule has 2 aliphatic rings. The first kappa shape index (κ1) is 17.5. The number of nitrogens with zero attached hydrogens (tertiary/aromatic N) is 1. The van der Waals surface area contributed by atoms with Gasteiger partial charge >= 0.3 is 0 Å². The summed E-state index contributed by atoms with van der Waals surface area (Å²) in [4.78, 5) is 25.8. The highest BCUT2D eigenvalue weighted by atomic mass is 35.5. The number of rotatable bonds is 6. The third-order valence-corrected chi connectivity index (χ3v) is 5.30. The van der Waals surface area contributed by atoms with E-state index in [9.17, 15) is 14.7 Å². The third-order valence-electron chi connectivity index (χ3n) is 4.56. The summed E-state index contributed by atoms with van der Waals surface area (Å²) in [5, 5.41) is 13.8. The van der Waals surface area contributed by atoms with E-state index >= 15 is 0 Å². The maximum Gasteiger partial charge on any atom is 0.252 e. The van der Waals surface area contributed by atoms with Crippen LogP contribution in [0.15, 0.2) is 18.2 Å². The van der Waals surface area contributed by atoms with Crippen LogP contribution in [0.4, 0.5) is 0 Å². The van der Waals surface area contributed by atoms with Crippen molar-refractivity contribution in [1.82, 2.24) is 10.2 Å². The fraction of sp³-hybridized carbons (Fsp3) is 0.529. The van der Waals surface area contributed by atoms with E-state index in [2.05, 4.69) is 5.32 Å². The normalized spacial score (nSPS) is 23.6. The number of hydrogen-bond acceptors (Lipinski definition) is 3. The molecule has 5 nitrogen and oxygen atoms in total. The van der Waals surface area contributed by atoms with E-state index < -0.39 is 12.0 Å². The van der Waals surface area contributed by atoms with E-state index in [1.165, 1.54) is 0 Å². The molecule has 1 aromatic rings. The molecule has 130 valence electrons. The Hall–Kier alpha value is -1.30. The van der Waals surface area contributed by atoms with Crippen LogP contribution in [0.1, 0.15) is 24.8 Å². The molecular formula is C17H20Cl2N2O3. The topological polar surface area (TPSA) is 69.6 Å². The average molecular weight is 371 g/mol. The Labute approximate surface area is 150 Å². The van der Waals surface area contributed by atoms with Gasteiger partial charge in [0.05, 0.1) is 16.0 Å². The van der Waals surface area contributed by atoms with Crippen molar-refractivity contribution < 1.29 is 14.7 Å². The summed E-state index contributed by atoms with van der Waals surface area (Å²) in [7, 11) is 0. The lowest BCUT2D eigenvalue weighted by molar-refractivity contribution is -0.138. The SMILES string of the molecule is O=C(NCCCc1ccc(Cl)c(Cl)c1)C1CN(C2CC2)C(=O)C1O. The zero-order valence-electron chi connectivity index (χ0n) is 13.2. The van der Waals surface area contributed by atoms with E-state index in [4.69, 9.17) is 23.2 Å². The molecule has 24 heavy (non-hydrogen) atoms. The first-order valence-electron chi connectivity index (χ1n) is 8.17. The summed E-state index contributed by atoms with van der Waals surface area (Å²) < 4.78 is 0. The molecular weight excluding hydrogens is 351 g/mol. The maximum absolute atomic E-state index is 12.2. The van der Waals surface area contributed by atoms with Crippen LogP contribution in [-0.4, -0.2) is 47.1 Å². The lowest BCUT2D eigenvalue weighted by Crippen LogP contribution is -2.38. The summed E-state index contributed by atoms with van der Waals surface area (Å²) in [5.74, 6) is -1.23. The zero-order valence-corrected chi connectivity index (χ0v) is 14.7. The van der Waals surface area contributed by atoms with Crippen molar-refractivity contribution in [3.8, 4) is 0 Å². The molecule has 1 heterocycles. The second kappa shape index (κ2) is 7.30. The van der Waals surface area contributed by atoms with Crippen LogP contribution in [0.5, 0.6) is 0 Å². The number of amides is 2. The molecule has 1 aromatic carbocycles. The lowest BCUT2D eigenvalue weighted by Gasteiger charge is -2.14. The van der Waals surface area contributed by atoms with Gasteiger partial charge in [-0.25, -0.2) is 0 Å². The summed E-state index contributed by atoms with van der Waals surface area (Å²) in [6.45, 7) is 0.809. The molecule has 2 fully saturated rings. The highest BCUT2D eigenvalue weighted by Gasteiger charge is 2.47. The van der Waals surface area contributed by atoms with Crippen LogP contribution in [0.25, 0.3) is 0 Å². The van der Waals surface area contributed by atoms with Gasteiger partial charge in [0.25, 0.3) is 5.91 Å². The van der Waals surface area contributed by atoms with Gasteiger partial charge in [0.2, 0.25) is 5.91 Å². The number of aliphatic hydroxyl groups excluding tert-OH is 1. The van der Waals surface area contributed by atoms with Gasteiger partial charge in [0.1, 0.15) is 6.10 Å². The standard InChI is InChI=1S/C17H20Cl2N2O3/c18-13-6-3-10(8-14(13)19)2-1-7-20-16(23)12-9-21(11-4-5-11)17(24)15(12)22/h3,6,8,11-12,15,22H,1-2,4-5,7,9H2,(H,20,23). The second-order valence-corrected chi connectivity index (χ2v) is 7.23. The highest BCUT2D eigenvalue weighted by Crippen LogP contribution is 2.32. The van der Waals surface area contributed by atoms with E-state index in [0.29, 0.717) is 23.1 Å². The van der Waals surface area contributed by atoms with Crippen LogP contribution in [-0.2, 0) is 16.0 Å². The first-order valence-corrected chi connectivity index (χ1v) is 8.93. The fourth-order valence-electron chi connectivity index (χ4n) is 3.02. The van der Waals surface area contributed by atoms with Crippen molar-refractivity contribution in [2.24, 2.45) is 5.92 Å². The number of carbonyl (C=O) groups is 2. The number of likely N-dealkylation sites (tertiary alicyclic amines) is 1. The Morgan fingerprint density at radius 3 is 2.71 bits per heavy atom. The molecule has 1 saturated carbocycles. The van der Waals surface area contributed by atoms with Gasteiger partial charge in [-0.1, -0.05) is 29.3 Å². The number of carbonyl (C=O) groups excluding carboxylic acids is 2. The summed E-state index contributed by atoms with van der Waals surface area (Å²) in [5.41, 5.74) is 1.05. The number of benzene rings is 1. The molecule has 0 spiro atoms. The molecule has 0 radical (unpaired) electrons. The third kappa shape index (κ3) is 3.85. The quantitative estimate of drug-likeness (QED) is 0.752. The summed E-state index contributed by atoms with van der Waals surface area (Å²) >= 11 is 11.8. The fourth-order valence-corrected chi connectivity index (χ4v) is 3.34. The molecule has 7 heteroatoms. The van der Waals surface area contributed by atoms with Crippen molar-refractivity contribution in [2.45, 2.75) is 37.8 Å². The number of aryl methyl sites for hydroxylation is 1. The predicted molar refractivity (Wildman–Crippen MR) is 92.0 cm³/mol. The van der Waals surface area contributed by atoms with E-state index in [1.807, 2.05) is 12.1 Å². The van der Waals surface area contributed by atoms with Gasteiger partial charge < -0.3 is 15.3 Å². The van der Waals surface area contributed by atoms with E-state index in [1.54, 1.807) is 11.0 Å². The molecule has 1 aliphatic carbocycles. The van der Waals surface area contributed by atoms with Gasteiger partial charge in [0.15, 0.2) is 0 Å². The molecule has 2 amide bonds. The molecule has 2 unspecified atom stereocenters. The molecule has 2 atom stereocenters. The van der Waals surface area contributed by atoms with Crippen molar-refractivity contribution in [3.63, 3.8) is 0 Å². The Kier molecular flexibility index (Phi) is 5.33. The highest BCUT2D eigenvalue weighted by molar-refractivity contribution is 6.42. The molecule has 1 aliphatic heterocycles. The monoisotopic (exact) mass is 370 g/mol. The van der Waals surface area contributed by atoms with Crippen molar-refractivity contribution in [2.75, 3.05) is 13.1 Å². The predicted octanol–water partition coefficient (Wildman–Crippen LogP) is 2.02. The average Bonchev–Trinajstić information content (AvgIpc) is 3.35. The van der Waals surface area contributed by atoms with Gasteiger partial charge in [0, 0.05) is 19.1 Å². The summed E-state index contributed by atoms with van der Waals surface area (Å²) in [6.07, 6.45) is 2.23. The molecule has 0 bridgehead atoms. The van der Waals surface area contributed by atoms with Crippen LogP contribution in [0.2, 0.25) is 10.0 Å². The van der Waals surface area contributed by atoms with Crippen molar-refractivity contribution >= 4 is 35.0 Å². The van der Waals surface area contributed by atoms with Crippen LogP contribution >= 0.6 is 23.2 Å². The molecule has 3 rings (SSSR count). The Morgan fingerprint density at radius 1 is 1.29 bits per heavy atom. The first-order chi connectivity index (χ1) is 11.5. The van der Waals surface area contributed by atoms with Crippen molar-refractivity contribution in [1.29, 1.82) is 0 Å². The van der Waals surface area contributed by atoms with Gasteiger partial charge in [-0.3, -0.25) is 9.59 Å². The number of halogens is 2. The largest absolute Gasteiger partial charge is 0.382 e. The van der Waals surface area contributed by atoms with Crippen LogP contribution in [0.3, 0.4) is 0 Å². The molecule has 1 saturated heterocycles. The van der Waals surface area contributed by atoms with Crippen LogP contribution < -0.4 is 5.32 Å². The van der Waals surface area contributed by atoms with Crippen molar-refractivity contribution in [3.05, 3.63) is 33.8 Å². The number of aliphatic hydroxyl groups is 1. The minimum absolute atomic E-state index is 0.222. The molecule has 0 aromatic heterocycles. The number of nitrogens with one attached hydrogen (secondary N) is 1. The number of hydrogen-bond donors (Lipinski definition) is 2. The zero-order chi connectivity index (χ0) is 17.3. The Morgan fingerprint density at radius 2 is 2.04 bits per heavy atom. The molecule has 2 N–H and O–H groups in total. The maximum atomic E-state index is 12.2. The Bertz CT molecular complexity index is 649. The van der Waals surface area contributed by atoms with Crippen LogP contribution in [0, 0.1) is 5.92 Å². The van der Waals surface area contributed by atoms with Gasteiger partial charge in [-0.15, -0.1) is 0 Å². The van der Waals surface area contributed by atoms with E-state index in [-0.39, 0.29) is 17.9 Å². The smallest absolute Gasteiger partial charge is 0.252 e. The van der Waals surface area contributed by atoms with E-state index in [0.717, 1.165) is 31.2 Å². The summed E-state index contributed by atoms with van der Waals surface area (Å²) in [6, 6.07) is 5.70. The minimum Gasteiger partial charge on any atom is -0.382 e. The van der Waals surface area contributed by atoms with Gasteiger partial charge in [-0.05, 0) is 43.4 Å². The second-order valence-electron chi connectivity index (χ2n) is 6.42. The minimum atomic E-state index is -1.21. The van der Waals surface area contributed by atoms with Gasteiger partial charge in [-0.2, -0.15) is 0 Å².